The zero-order valence-corrected chi connectivity index (χ0v) is 29.9. The molecule has 0 bridgehead atoms. The molecule has 0 aliphatic heterocycles. The average Bonchev–Trinajstić information content (AvgIpc) is 3.00. The van der Waals surface area contributed by atoms with Gasteiger partial charge in [-0.25, -0.2) is 0 Å². The molecule has 0 aliphatic carbocycles. The number of methoxy groups -OCH3 is 1. The summed E-state index contributed by atoms with van der Waals surface area (Å²) < 4.78 is 10.8. The van der Waals surface area contributed by atoms with Gasteiger partial charge in [0.25, 0.3) is 0 Å². The van der Waals surface area contributed by atoms with E-state index in [4.69, 9.17) is 9.47 Å². The third kappa shape index (κ3) is 32.8. The summed E-state index contributed by atoms with van der Waals surface area (Å²) in [4.78, 5) is 2.69. The van der Waals surface area contributed by atoms with Crippen molar-refractivity contribution in [2.75, 3.05) is 40.5 Å². The smallest absolute Gasteiger partial charge is 0.0700 e. The molecular weight excluding hydrogens is 514 g/mol. The molecule has 0 aromatic heterocycles. The molecule has 0 amide bonds. The van der Waals surface area contributed by atoms with Crippen LogP contribution in [0.2, 0.25) is 0 Å². The van der Waals surface area contributed by atoms with Crippen LogP contribution in [0.5, 0.6) is 0 Å². The number of ether oxygens (including phenoxy) is 2. The van der Waals surface area contributed by atoms with Crippen molar-refractivity contribution in [2.24, 2.45) is 0 Å². The van der Waals surface area contributed by atoms with Gasteiger partial charge in [0.15, 0.2) is 0 Å². The summed E-state index contributed by atoms with van der Waals surface area (Å²) in [6.45, 7) is 8.15. The quantitative estimate of drug-likeness (QED) is 0.0667. The summed E-state index contributed by atoms with van der Waals surface area (Å²) in [6, 6.07) is 0.778. The molecule has 254 valence electrons. The van der Waals surface area contributed by atoms with Gasteiger partial charge < -0.3 is 14.4 Å². The van der Waals surface area contributed by atoms with Crippen LogP contribution in [-0.4, -0.2) is 51.5 Å². The molecule has 0 heterocycles. The van der Waals surface area contributed by atoms with Gasteiger partial charge in [0.05, 0.1) is 13.2 Å². The zero-order valence-electron chi connectivity index (χ0n) is 29.9. The Balaban J connectivity index is 3.99. The van der Waals surface area contributed by atoms with Crippen LogP contribution >= 0.6 is 0 Å². The van der Waals surface area contributed by atoms with Crippen molar-refractivity contribution in [3.8, 4) is 0 Å². The second-order valence-electron chi connectivity index (χ2n) is 13.5. The first-order chi connectivity index (χ1) is 20.8. The first-order valence-electron chi connectivity index (χ1n) is 19.5. The van der Waals surface area contributed by atoms with Crippen LogP contribution in [0.15, 0.2) is 0 Å². The Labute approximate surface area is 267 Å². The van der Waals surface area contributed by atoms with Crippen molar-refractivity contribution >= 4 is 0 Å². The number of unbranched alkanes of at least 4 members (excludes halogenated alkanes) is 25. The zero-order chi connectivity index (χ0) is 30.6. The van der Waals surface area contributed by atoms with Crippen molar-refractivity contribution in [1.29, 1.82) is 0 Å². The van der Waals surface area contributed by atoms with Gasteiger partial charge in [-0.1, -0.05) is 181 Å². The molecule has 0 saturated carbocycles. The van der Waals surface area contributed by atoms with Crippen LogP contribution in [0.3, 0.4) is 0 Å². The summed E-state index contributed by atoms with van der Waals surface area (Å²) in [6.07, 6.45) is 42.8. The van der Waals surface area contributed by atoms with Gasteiger partial charge in [0.1, 0.15) is 0 Å². The van der Waals surface area contributed by atoms with Crippen LogP contribution in [0.1, 0.15) is 206 Å². The fourth-order valence-corrected chi connectivity index (χ4v) is 6.37. The molecule has 0 saturated heterocycles. The van der Waals surface area contributed by atoms with Crippen molar-refractivity contribution in [2.45, 2.75) is 213 Å². The van der Waals surface area contributed by atoms with Crippen LogP contribution < -0.4 is 0 Å². The van der Waals surface area contributed by atoms with Gasteiger partial charge in [-0.05, 0) is 39.3 Å². The highest BCUT2D eigenvalue weighted by Gasteiger charge is 2.14. The minimum Gasteiger partial charge on any atom is -0.382 e. The molecule has 0 fully saturated rings. The van der Waals surface area contributed by atoms with E-state index in [1.54, 1.807) is 7.11 Å². The molecule has 0 aliphatic rings. The van der Waals surface area contributed by atoms with E-state index in [9.17, 15) is 0 Å². The topological polar surface area (TPSA) is 21.7 Å². The maximum Gasteiger partial charge on any atom is 0.0700 e. The third-order valence-corrected chi connectivity index (χ3v) is 9.39. The van der Waals surface area contributed by atoms with E-state index < -0.39 is 0 Å². The lowest BCUT2D eigenvalue weighted by atomic mass is 9.98. The largest absolute Gasteiger partial charge is 0.382 e. The van der Waals surface area contributed by atoms with E-state index in [1.165, 1.54) is 193 Å². The number of hydrogen-bond donors (Lipinski definition) is 0. The Morgan fingerprint density at radius 2 is 0.762 bits per heavy atom. The monoisotopic (exact) mass is 596 g/mol. The minimum absolute atomic E-state index is 0.709. The summed E-state index contributed by atoms with van der Waals surface area (Å²) in [5.74, 6) is 0. The summed E-state index contributed by atoms with van der Waals surface area (Å²) in [5, 5.41) is 0. The predicted molar refractivity (Wildman–Crippen MR) is 189 cm³/mol. The van der Waals surface area contributed by atoms with E-state index >= 15 is 0 Å². The molecule has 42 heavy (non-hydrogen) atoms. The summed E-state index contributed by atoms with van der Waals surface area (Å²) in [5.41, 5.74) is 0. The predicted octanol–water partition coefficient (Wildman–Crippen LogP) is 12.7. The number of rotatable bonds is 37. The van der Waals surface area contributed by atoms with Crippen LogP contribution in [-0.2, 0) is 9.47 Å². The van der Waals surface area contributed by atoms with Crippen LogP contribution in [0.4, 0.5) is 0 Å². The van der Waals surface area contributed by atoms with E-state index in [0.717, 1.165) is 25.7 Å². The molecule has 0 spiro atoms. The Bertz CT molecular complexity index is 441. The lowest BCUT2D eigenvalue weighted by molar-refractivity contribution is 0.0672. The maximum atomic E-state index is 5.68. The average molecular weight is 596 g/mol. The van der Waals surface area contributed by atoms with Crippen molar-refractivity contribution < 1.29 is 9.47 Å². The lowest BCUT2D eigenvalue weighted by Crippen LogP contribution is -2.32. The number of nitrogens with zero attached hydrogens (tertiary/aromatic N) is 1. The van der Waals surface area contributed by atoms with Crippen LogP contribution in [0, 0.1) is 0 Å². The highest BCUT2D eigenvalue weighted by Crippen LogP contribution is 2.20. The fourth-order valence-electron chi connectivity index (χ4n) is 6.37. The molecule has 0 radical (unpaired) electrons. The van der Waals surface area contributed by atoms with Crippen molar-refractivity contribution in [3.63, 3.8) is 0 Å². The second-order valence-corrected chi connectivity index (χ2v) is 13.5. The highest BCUT2D eigenvalue weighted by atomic mass is 16.5. The van der Waals surface area contributed by atoms with Crippen molar-refractivity contribution in [3.05, 3.63) is 0 Å². The normalized spacial score (nSPS) is 11.9. The van der Waals surface area contributed by atoms with E-state index in [2.05, 4.69) is 25.8 Å². The molecule has 0 rings (SSSR count). The maximum absolute atomic E-state index is 5.68. The highest BCUT2D eigenvalue weighted by molar-refractivity contribution is 4.70. The molecule has 3 heteroatoms. The standard InChI is InChI=1S/C39H81NO2/c1-5-7-9-11-13-15-17-19-21-23-25-27-29-33-39(40(3)35-31-32-36-42-38-37-41-4)34-30-28-26-24-22-20-18-16-14-12-10-8-6-2/h39H,5-38H2,1-4H3. The van der Waals surface area contributed by atoms with Gasteiger partial charge in [0, 0.05) is 19.8 Å². The first-order valence-corrected chi connectivity index (χ1v) is 19.5. The molecular formula is C39H81NO2. The molecule has 0 atom stereocenters. The Morgan fingerprint density at radius 1 is 0.405 bits per heavy atom. The first kappa shape index (κ1) is 41.9. The van der Waals surface area contributed by atoms with Gasteiger partial charge in [0.2, 0.25) is 0 Å². The molecule has 0 unspecified atom stereocenters. The fraction of sp³-hybridized carbons (Fsp3) is 1.00. The third-order valence-electron chi connectivity index (χ3n) is 9.39. The van der Waals surface area contributed by atoms with Gasteiger partial charge in [-0.15, -0.1) is 0 Å². The summed E-state index contributed by atoms with van der Waals surface area (Å²) in [7, 11) is 4.13. The SMILES string of the molecule is CCCCCCCCCCCCCCCC(CCCCCCCCCCCCCCC)N(C)CCCCOCCOC. The van der Waals surface area contributed by atoms with E-state index in [-0.39, 0.29) is 0 Å². The van der Waals surface area contributed by atoms with Gasteiger partial charge in [-0.3, -0.25) is 0 Å². The Kier molecular flexibility index (Phi) is 37.0. The minimum atomic E-state index is 0.709. The Morgan fingerprint density at radius 3 is 1.12 bits per heavy atom. The molecule has 0 aromatic carbocycles. The van der Waals surface area contributed by atoms with Gasteiger partial charge in [-0.2, -0.15) is 0 Å². The van der Waals surface area contributed by atoms with E-state index in [0.29, 0.717) is 6.61 Å². The lowest BCUT2D eigenvalue weighted by Gasteiger charge is -2.28. The molecule has 0 N–H and O–H groups in total. The van der Waals surface area contributed by atoms with Crippen molar-refractivity contribution in [1.82, 2.24) is 4.90 Å². The van der Waals surface area contributed by atoms with Crippen LogP contribution in [0.25, 0.3) is 0 Å². The summed E-state index contributed by atoms with van der Waals surface area (Å²) >= 11 is 0. The second kappa shape index (κ2) is 37.1. The molecule has 0 aromatic rings. The van der Waals surface area contributed by atoms with Gasteiger partial charge >= 0.3 is 0 Å². The number of hydrogen-bond acceptors (Lipinski definition) is 3. The molecule has 3 nitrogen and oxygen atoms in total. The van der Waals surface area contributed by atoms with E-state index in [1.807, 2.05) is 0 Å². The Hall–Kier alpha value is -0.120.